The van der Waals surface area contributed by atoms with Crippen molar-refractivity contribution in [3.63, 3.8) is 0 Å². The van der Waals surface area contributed by atoms with Gasteiger partial charge in [-0.1, -0.05) is 31.2 Å². The molecule has 5 heteroatoms. The molecule has 0 N–H and O–H groups in total. The van der Waals surface area contributed by atoms with Gasteiger partial charge in [0.25, 0.3) is 0 Å². The molecule has 1 aliphatic rings. The second-order valence-electron chi connectivity index (χ2n) is 6.53. The van der Waals surface area contributed by atoms with Gasteiger partial charge in [0.2, 0.25) is 5.95 Å². The van der Waals surface area contributed by atoms with Gasteiger partial charge in [0.05, 0.1) is 17.6 Å². The summed E-state index contributed by atoms with van der Waals surface area (Å²) in [5.41, 5.74) is 3.22. The number of benzene rings is 2. The maximum Gasteiger partial charge on any atom is 0.206 e. The Labute approximate surface area is 147 Å². The summed E-state index contributed by atoms with van der Waals surface area (Å²) in [6.07, 6.45) is 0. The summed E-state index contributed by atoms with van der Waals surface area (Å²) in [6.45, 7) is 8.11. The molecule has 2 aromatic carbocycles. The number of likely N-dealkylation sites (N-methyl/N-ethyl adjacent to an activating group) is 1. The Kier molecular flexibility index (Phi) is 4.40. The smallest absolute Gasteiger partial charge is 0.206 e. The van der Waals surface area contributed by atoms with E-state index in [-0.39, 0.29) is 5.82 Å². The Morgan fingerprint density at radius 1 is 0.960 bits per heavy atom. The normalized spacial score (nSPS) is 15.8. The molecular formula is C20H23FN4. The van der Waals surface area contributed by atoms with Gasteiger partial charge >= 0.3 is 0 Å². The molecule has 0 spiro atoms. The van der Waals surface area contributed by atoms with E-state index in [2.05, 4.69) is 33.4 Å². The van der Waals surface area contributed by atoms with Crippen molar-refractivity contribution in [1.82, 2.24) is 14.5 Å². The van der Waals surface area contributed by atoms with Crippen LogP contribution in [0.1, 0.15) is 12.5 Å². The van der Waals surface area contributed by atoms with Gasteiger partial charge in [-0.15, -0.1) is 0 Å². The predicted molar refractivity (Wildman–Crippen MR) is 99.6 cm³/mol. The number of imidazole rings is 1. The highest BCUT2D eigenvalue weighted by atomic mass is 19.1. The second-order valence-corrected chi connectivity index (χ2v) is 6.53. The van der Waals surface area contributed by atoms with E-state index in [0.29, 0.717) is 6.54 Å². The molecule has 1 fully saturated rings. The molecule has 1 aliphatic heterocycles. The maximum atomic E-state index is 13.2. The molecule has 25 heavy (non-hydrogen) atoms. The minimum atomic E-state index is -0.199. The molecule has 3 aromatic rings. The van der Waals surface area contributed by atoms with Crippen molar-refractivity contribution >= 4 is 17.0 Å². The molecule has 0 saturated carbocycles. The number of hydrogen-bond acceptors (Lipinski definition) is 3. The number of aromatic nitrogens is 2. The molecule has 2 heterocycles. The molecule has 4 nitrogen and oxygen atoms in total. The lowest BCUT2D eigenvalue weighted by atomic mass is 10.2. The topological polar surface area (TPSA) is 24.3 Å². The Morgan fingerprint density at radius 3 is 2.40 bits per heavy atom. The van der Waals surface area contributed by atoms with Gasteiger partial charge in [0, 0.05) is 26.2 Å². The summed E-state index contributed by atoms with van der Waals surface area (Å²) in [4.78, 5) is 9.73. The van der Waals surface area contributed by atoms with Crippen LogP contribution in [-0.2, 0) is 6.54 Å². The van der Waals surface area contributed by atoms with E-state index >= 15 is 0 Å². The van der Waals surface area contributed by atoms with Crippen molar-refractivity contribution in [2.24, 2.45) is 0 Å². The van der Waals surface area contributed by atoms with Crippen LogP contribution in [-0.4, -0.2) is 47.2 Å². The first kappa shape index (κ1) is 16.1. The summed E-state index contributed by atoms with van der Waals surface area (Å²) in [5.74, 6) is 0.816. The first-order valence-corrected chi connectivity index (χ1v) is 8.91. The zero-order valence-electron chi connectivity index (χ0n) is 14.5. The van der Waals surface area contributed by atoms with Crippen LogP contribution < -0.4 is 4.90 Å². The van der Waals surface area contributed by atoms with E-state index in [1.165, 1.54) is 12.1 Å². The van der Waals surface area contributed by atoms with Gasteiger partial charge in [-0.2, -0.15) is 0 Å². The van der Waals surface area contributed by atoms with Gasteiger partial charge in [-0.05, 0) is 36.4 Å². The van der Waals surface area contributed by atoms with E-state index in [9.17, 15) is 4.39 Å². The summed E-state index contributed by atoms with van der Waals surface area (Å²) >= 11 is 0. The standard InChI is InChI=1S/C20H23FN4/c1-2-23-11-13-24(14-12-23)20-22-18-5-3-4-6-19(18)25(20)15-16-7-9-17(21)10-8-16/h3-10H,2,11-15H2,1H3. The average Bonchev–Trinajstić information content (AvgIpc) is 3.02. The van der Waals surface area contributed by atoms with E-state index < -0.39 is 0 Å². The van der Waals surface area contributed by atoms with Crippen molar-refractivity contribution in [3.05, 3.63) is 59.9 Å². The Balaban J connectivity index is 1.69. The fourth-order valence-corrected chi connectivity index (χ4v) is 3.50. The van der Waals surface area contributed by atoms with Crippen LogP contribution in [0.15, 0.2) is 48.5 Å². The lowest BCUT2D eigenvalue weighted by Gasteiger charge is -2.34. The SMILES string of the molecule is CCN1CCN(c2nc3ccccc3n2Cc2ccc(F)cc2)CC1. The quantitative estimate of drug-likeness (QED) is 0.729. The Bertz CT molecular complexity index is 848. The highest BCUT2D eigenvalue weighted by molar-refractivity contribution is 5.79. The van der Waals surface area contributed by atoms with Crippen molar-refractivity contribution in [2.75, 3.05) is 37.6 Å². The van der Waals surface area contributed by atoms with Crippen molar-refractivity contribution < 1.29 is 4.39 Å². The van der Waals surface area contributed by atoms with Crippen LogP contribution in [0.25, 0.3) is 11.0 Å². The summed E-state index contributed by atoms with van der Waals surface area (Å²) < 4.78 is 15.5. The number of rotatable bonds is 4. The minimum absolute atomic E-state index is 0.199. The van der Waals surface area contributed by atoms with E-state index in [4.69, 9.17) is 4.98 Å². The number of anilines is 1. The fraction of sp³-hybridized carbons (Fsp3) is 0.350. The first-order valence-electron chi connectivity index (χ1n) is 8.91. The average molecular weight is 338 g/mol. The molecule has 1 aromatic heterocycles. The predicted octanol–water partition coefficient (Wildman–Crippen LogP) is 3.37. The number of piperazine rings is 1. The number of halogens is 1. The fourth-order valence-electron chi connectivity index (χ4n) is 3.50. The molecule has 4 rings (SSSR count). The van der Waals surface area contributed by atoms with Crippen molar-refractivity contribution in [3.8, 4) is 0 Å². The van der Waals surface area contributed by atoms with Crippen LogP contribution in [0.3, 0.4) is 0 Å². The zero-order valence-corrected chi connectivity index (χ0v) is 14.5. The van der Waals surface area contributed by atoms with Crippen LogP contribution in [0.2, 0.25) is 0 Å². The number of para-hydroxylation sites is 2. The molecule has 130 valence electrons. The summed E-state index contributed by atoms with van der Waals surface area (Å²) in [5, 5.41) is 0. The molecular weight excluding hydrogens is 315 g/mol. The first-order chi connectivity index (χ1) is 12.2. The minimum Gasteiger partial charge on any atom is -0.340 e. The maximum absolute atomic E-state index is 13.2. The highest BCUT2D eigenvalue weighted by Crippen LogP contribution is 2.25. The lowest BCUT2D eigenvalue weighted by molar-refractivity contribution is 0.269. The third-order valence-corrected chi connectivity index (χ3v) is 4.99. The van der Waals surface area contributed by atoms with Crippen LogP contribution in [0.4, 0.5) is 10.3 Å². The number of fused-ring (bicyclic) bond motifs is 1. The lowest BCUT2D eigenvalue weighted by Crippen LogP contribution is -2.47. The van der Waals surface area contributed by atoms with Gasteiger partial charge < -0.3 is 14.4 Å². The molecule has 0 unspecified atom stereocenters. The molecule has 0 bridgehead atoms. The highest BCUT2D eigenvalue weighted by Gasteiger charge is 2.21. The summed E-state index contributed by atoms with van der Waals surface area (Å²) in [6, 6.07) is 15.0. The second kappa shape index (κ2) is 6.84. The third kappa shape index (κ3) is 3.24. The Hall–Kier alpha value is -2.40. The van der Waals surface area contributed by atoms with E-state index in [0.717, 1.165) is 55.3 Å². The van der Waals surface area contributed by atoms with Crippen LogP contribution in [0, 0.1) is 5.82 Å². The van der Waals surface area contributed by atoms with Gasteiger partial charge in [-0.3, -0.25) is 0 Å². The Morgan fingerprint density at radius 2 is 1.68 bits per heavy atom. The zero-order chi connectivity index (χ0) is 17.2. The molecule has 0 radical (unpaired) electrons. The molecule has 0 aliphatic carbocycles. The number of nitrogens with zero attached hydrogens (tertiary/aromatic N) is 4. The summed E-state index contributed by atoms with van der Waals surface area (Å²) in [7, 11) is 0. The number of hydrogen-bond donors (Lipinski definition) is 0. The van der Waals surface area contributed by atoms with Gasteiger partial charge in [0.15, 0.2) is 0 Å². The largest absolute Gasteiger partial charge is 0.340 e. The van der Waals surface area contributed by atoms with Crippen LogP contribution >= 0.6 is 0 Å². The molecule has 0 atom stereocenters. The van der Waals surface area contributed by atoms with E-state index in [1.54, 1.807) is 0 Å². The van der Waals surface area contributed by atoms with Gasteiger partial charge in [0.1, 0.15) is 5.82 Å². The molecule has 1 saturated heterocycles. The van der Waals surface area contributed by atoms with Crippen molar-refractivity contribution in [2.45, 2.75) is 13.5 Å². The molecule has 0 amide bonds. The van der Waals surface area contributed by atoms with E-state index in [1.807, 2.05) is 24.3 Å². The van der Waals surface area contributed by atoms with Crippen molar-refractivity contribution in [1.29, 1.82) is 0 Å². The third-order valence-electron chi connectivity index (χ3n) is 4.99. The van der Waals surface area contributed by atoms with Gasteiger partial charge in [-0.25, -0.2) is 9.37 Å². The van der Waals surface area contributed by atoms with Crippen LogP contribution in [0.5, 0.6) is 0 Å². The monoisotopic (exact) mass is 338 g/mol.